The number of likely N-dealkylation sites (tertiary alicyclic amines) is 1. The van der Waals surface area contributed by atoms with Crippen LogP contribution in [0.3, 0.4) is 0 Å². The summed E-state index contributed by atoms with van der Waals surface area (Å²) in [5.41, 5.74) is 2.64. The Balaban J connectivity index is 2.09. The molecule has 1 unspecified atom stereocenters. The van der Waals surface area contributed by atoms with E-state index < -0.39 is 0 Å². The van der Waals surface area contributed by atoms with Gasteiger partial charge in [0.25, 0.3) is 0 Å². The number of benzene rings is 1. The van der Waals surface area contributed by atoms with Gasteiger partial charge >= 0.3 is 0 Å². The first-order chi connectivity index (χ1) is 8.59. The third kappa shape index (κ3) is 2.72. The normalized spacial score (nSPS) is 20.1. The molecule has 1 saturated heterocycles. The molecule has 1 atom stereocenters. The van der Waals surface area contributed by atoms with Gasteiger partial charge in [-0.25, -0.2) is 0 Å². The molecule has 1 aliphatic heterocycles. The van der Waals surface area contributed by atoms with E-state index in [1.54, 1.807) is 4.90 Å². The van der Waals surface area contributed by atoms with Crippen molar-refractivity contribution in [3.63, 3.8) is 0 Å². The van der Waals surface area contributed by atoms with Gasteiger partial charge in [0.15, 0.2) is 0 Å². The van der Waals surface area contributed by atoms with Gasteiger partial charge in [-0.05, 0) is 37.4 Å². The quantitative estimate of drug-likeness (QED) is 0.815. The van der Waals surface area contributed by atoms with E-state index in [9.17, 15) is 4.79 Å². The van der Waals surface area contributed by atoms with Crippen molar-refractivity contribution in [2.24, 2.45) is 0 Å². The van der Waals surface area contributed by atoms with Gasteiger partial charge in [-0.2, -0.15) is 0 Å². The molecule has 1 aromatic carbocycles. The van der Waals surface area contributed by atoms with Gasteiger partial charge in [0.1, 0.15) is 0 Å². The number of carbonyl (C=O) groups excluding carboxylic acids is 1. The maximum atomic E-state index is 12.1. The summed E-state index contributed by atoms with van der Waals surface area (Å²) in [5, 5.41) is 0. The maximum Gasteiger partial charge on any atom is 0.239 e. The zero-order chi connectivity index (χ0) is 13.1. The van der Waals surface area contributed by atoms with Gasteiger partial charge < -0.3 is 4.90 Å². The molecule has 3 nitrogen and oxygen atoms in total. The molecule has 0 aliphatic carbocycles. The molecule has 3 heteroatoms. The summed E-state index contributed by atoms with van der Waals surface area (Å²) in [7, 11) is 3.68. The molecule has 0 saturated carbocycles. The second kappa shape index (κ2) is 5.53. The minimum Gasteiger partial charge on any atom is -0.347 e. The van der Waals surface area contributed by atoms with E-state index >= 15 is 0 Å². The summed E-state index contributed by atoms with van der Waals surface area (Å²) in [6, 6.07) is 8.49. The Morgan fingerprint density at radius 2 is 2.11 bits per heavy atom. The van der Waals surface area contributed by atoms with Crippen molar-refractivity contribution >= 4 is 5.91 Å². The van der Waals surface area contributed by atoms with Crippen molar-refractivity contribution in [1.82, 2.24) is 9.80 Å². The average Bonchev–Trinajstić information content (AvgIpc) is 2.79. The van der Waals surface area contributed by atoms with Crippen LogP contribution in [-0.2, 0) is 11.3 Å². The highest BCUT2D eigenvalue weighted by Crippen LogP contribution is 2.22. The Morgan fingerprint density at radius 3 is 2.78 bits per heavy atom. The number of hydrogen-bond donors (Lipinski definition) is 0. The number of rotatable bonds is 3. The Bertz CT molecular complexity index is 428. The first kappa shape index (κ1) is 13.1. The number of carbonyl (C=O) groups is 1. The SMILES string of the molecule is Cc1ccccc1CN1CCCC1C(=O)N(C)C. The number of amides is 1. The minimum atomic E-state index is 0.0691. The van der Waals surface area contributed by atoms with Gasteiger partial charge in [-0.3, -0.25) is 9.69 Å². The lowest BCUT2D eigenvalue weighted by atomic mass is 10.1. The molecule has 0 N–H and O–H groups in total. The van der Waals surface area contributed by atoms with Gasteiger partial charge in [0.05, 0.1) is 6.04 Å². The van der Waals surface area contributed by atoms with E-state index in [0.717, 1.165) is 25.9 Å². The van der Waals surface area contributed by atoms with Crippen LogP contribution in [0.5, 0.6) is 0 Å². The van der Waals surface area contributed by atoms with E-state index in [-0.39, 0.29) is 11.9 Å². The van der Waals surface area contributed by atoms with Crippen LogP contribution in [0, 0.1) is 6.92 Å². The topological polar surface area (TPSA) is 23.6 Å². The van der Waals surface area contributed by atoms with Crippen molar-refractivity contribution in [3.8, 4) is 0 Å². The lowest BCUT2D eigenvalue weighted by molar-refractivity contribution is -0.133. The first-order valence-corrected chi connectivity index (χ1v) is 6.59. The van der Waals surface area contributed by atoms with E-state index in [4.69, 9.17) is 0 Å². The molecule has 0 aromatic heterocycles. The van der Waals surface area contributed by atoms with Crippen LogP contribution in [-0.4, -0.2) is 42.4 Å². The van der Waals surface area contributed by atoms with Gasteiger partial charge in [0, 0.05) is 20.6 Å². The number of likely N-dealkylation sites (N-methyl/N-ethyl adjacent to an activating group) is 1. The summed E-state index contributed by atoms with van der Waals surface area (Å²) in [6.07, 6.45) is 2.11. The molecular formula is C15H22N2O. The van der Waals surface area contributed by atoms with Gasteiger partial charge in [-0.1, -0.05) is 24.3 Å². The Labute approximate surface area is 109 Å². The van der Waals surface area contributed by atoms with Crippen LogP contribution < -0.4 is 0 Å². The molecule has 1 amide bonds. The molecule has 0 radical (unpaired) electrons. The average molecular weight is 246 g/mol. The molecule has 0 spiro atoms. The fourth-order valence-electron chi connectivity index (χ4n) is 2.60. The fourth-order valence-corrected chi connectivity index (χ4v) is 2.60. The Morgan fingerprint density at radius 1 is 1.39 bits per heavy atom. The van der Waals surface area contributed by atoms with Crippen molar-refractivity contribution in [3.05, 3.63) is 35.4 Å². The minimum absolute atomic E-state index is 0.0691. The molecule has 0 bridgehead atoms. The largest absolute Gasteiger partial charge is 0.347 e. The standard InChI is InChI=1S/C15H22N2O/c1-12-7-4-5-8-13(12)11-17-10-6-9-14(17)15(18)16(2)3/h4-5,7-8,14H,6,9-11H2,1-3H3. The zero-order valence-electron chi connectivity index (χ0n) is 11.5. The van der Waals surface area contributed by atoms with Crippen molar-refractivity contribution in [2.75, 3.05) is 20.6 Å². The predicted octanol–water partition coefficient (Wildman–Crippen LogP) is 2.05. The van der Waals surface area contributed by atoms with Crippen LogP contribution in [0.15, 0.2) is 24.3 Å². The maximum absolute atomic E-state index is 12.1. The molecule has 2 rings (SSSR count). The number of aryl methyl sites for hydroxylation is 1. The first-order valence-electron chi connectivity index (χ1n) is 6.59. The smallest absolute Gasteiger partial charge is 0.239 e. The lowest BCUT2D eigenvalue weighted by Crippen LogP contribution is -2.42. The van der Waals surface area contributed by atoms with Gasteiger partial charge in [-0.15, -0.1) is 0 Å². The van der Waals surface area contributed by atoms with E-state index in [2.05, 4.69) is 36.1 Å². The van der Waals surface area contributed by atoms with Gasteiger partial charge in [0.2, 0.25) is 5.91 Å². The molecule has 1 aliphatic rings. The number of nitrogens with zero attached hydrogens (tertiary/aromatic N) is 2. The van der Waals surface area contributed by atoms with E-state index in [1.165, 1.54) is 11.1 Å². The summed E-state index contributed by atoms with van der Waals surface area (Å²) >= 11 is 0. The van der Waals surface area contributed by atoms with Crippen LogP contribution in [0.1, 0.15) is 24.0 Å². The molecule has 1 aromatic rings. The van der Waals surface area contributed by atoms with Crippen LogP contribution in [0.25, 0.3) is 0 Å². The molecule has 18 heavy (non-hydrogen) atoms. The second-order valence-corrected chi connectivity index (χ2v) is 5.29. The Hall–Kier alpha value is -1.35. The third-order valence-corrected chi connectivity index (χ3v) is 3.72. The summed E-state index contributed by atoms with van der Waals surface area (Å²) in [5.74, 6) is 0.237. The van der Waals surface area contributed by atoms with E-state index in [0.29, 0.717) is 0 Å². The van der Waals surface area contributed by atoms with Crippen molar-refractivity contribution in [1.29, 1.82) is 0 Å². The molecule has 1 fully saturated rings. The predicted molar refractivity (Wildman–Crippen MR) is 73.3 cm³/mol. The third-order valence-electron chi connectivity index (χ3n) is 3.72. The van der Waals surface area contributed by atoms with Crippen LogP contribution in [0.4, 0.5) is 0 Å². The highest BCUT2D eigenvalue weighted by atomic mass is 16.2. The molecular weight excluding hydrogens is 224 g/mol. The Kier molecular flexibility index (Phi) is 4.02. The molecule has 98 valence electrons. The van der Waals surface area contributed by atoms with Crippen LogP contribution in [0.2, 0.25) is 0 Å². The van der Waals surface area contributed by atoms with Crippen molar-refractivity contribution < 1.29 is 4.79 Å². The molecule has 1 heterocycles. The lowest BCUT2D eigenvalue weighted by Gasteiger charge is -2.26. The van der Waals surface area contributed by atoms with Crippen molar-refractivity contribution in [2.45, 2.75) is 32.4 Å². The van der Waals surface area contributed by atoms with Crippen LogP contribution >= 0.6 is 0 Å². The monoisotopic (exact) mass is 246 g/mol. The highest BCUT2D eigenvalue weighted by molar-refractivity contribution is 5.81. The zero-order valence-corrected chi connectivity index (χ0v) is 11.5. The highest BCUT2D eigenvalue weighted by Gasteiger charge is 2.31. The summed E-state index contributed by atoms with van der Waals surface area (Å²) in [6.45, 7) is 4.05. The second-order valence-electron chi connectivity index (χ2n) is 5.29. The summed E-state index contributed by atoms with van der Waals surface area (Å²) in [4.78, 5) is 16.1. The van der Waals surface area contributed by atoms with E-state index in [1.807, 2.05) is 14.1 Å². The fraction of sp³-hybridized carbons (Fsp3) is 0.533. The number of hydrogen-bond acceptors (Lipinski definition) is 2. The summed E-state index contributed by atoms with van der Waals surface area (Å²) < 4.78 is 0.